The standard InChI is InChI=1S/C16H22ClNO/c1-5-11(6-2)10-16(3)13-9-12(17)7-8-14(13)18(4)15(16)19/h7-9,11H,5-6,10H2,1-4H3/t16-/m1/s1. The highest BCUT2D eigenvalue weighted by Gasteiger charge is 2.46. The van der Waals surface area contributed by atoms with Crippen LogP contribution in [0.15, 0.2) is 18.2 Å². The van der Waals surface area contributed by atoms with Crippen LogP contribution < -0.4 is 4.90 Å². The number of hydrogen-bond acceptors (Lipinski definition) is 1. The van der Waals surface area contributed by atoms with Gasteiger partial charge in [0.15, 0.2) is 0 Å². The summed E-state index contributed by atoms with van der Waals surface area (Å²) in [5.74, 6) is 0.768. The van der Waals surface area contributed by atoms with Gasteiger partial charge in [-0.3, -0.25) is 4.79 Å². The minimum atomic E-state index is -0.425. The second-order valence-electron chi connectivity index (χ2n) is 5.74. The van der Waals surface area contributed by atoms with E-state index in [1.807, 2.05) is 25.2 Å². The minimum Gasteiger partial charge on any atom is -0.314 e. The lowest BCUT2D eigenvalue weighted by molar-refractivity contribution is -0.123. The molecule has 0 aromatic heterocycles. The van der Waals surface area contributed by atoms with Gasteiger partial charge in [0.05, 0.1) is 5.41 Å². The smallest absolute Gasteiger partial charge is 0.237 e. The summed E-state index contributed by atoms with van der Waals surface area (Å²) >= 11 is 6.12. The van der Waals surface area contributed by atoms with E-state index in [1.54, 1.807) is 4.90 Å². The van der Waals surface area contributed by atoms with Gasteiger partial charge in [-0.2, -0.15) is 0 Å². The fourth-order valence-corrected chi connectivity index (χ4v) is 3.36. The van der Waals surface area contributed by atoms with Crippen LogP contribution in [-0.4, -0.2) is 13.0 Å². The number of carbonyl (C=O) groups excluding carboxylic acids is 1. The number of rotatable bonds is 4. The number of nitrogens with zero attached hydrogens (tertiary/aromatic N) is 1. The molecule has 19 heavy (non-hydrogen) atoms. The van der Waals surface area contributed by atoms with E-state index in [4.69, 9.17) is 11.6 Å². The number of anilines is 1. The Kier molecular flexibility index (Phi) is 3.91. The molecule has 0 N–H and O–H groups in total. The lowest BCUT2D eigenvalue weighted by atomic mass is 9.75. The molecule has 0 saturated heterocycles. The number of halogens is 1. The van der Waals surface area contributed by atoms with Crippen LogP contribution >= 0.6 is 11.6 Å². The first-order valence-electron chi connectivity index (χ1n) is 7.02. The Morgan fingerprint density at radius 2 is 1.95 bits per heavy atom. The molecule has 0 spiro atoms. The molecule has 1 aromatic rings. The summed E-state index contributed by atoms with van der Waals surface area (Å²) < 4.78 is 0. The van der Waals surface area contributed by atoms with E-state index in [0.29, 0.717) is 10.9 Å². The van der Waals surface area contributed by atoms with Crippen LogP contribution in [0.3, 0.4) is 0 Å². The molecule has 0 bridgehead atoms. The fourth-order valence-electron chi connectivity index (χ4n) is 3.19. The molecule has 0 radical (unpaired) electrons. The van der Waals surface area contributed by atoms with Gasteiger partial charge in [-0.15, -0.1) is 0 Å². The third kappa shape index (κ3) is 2.27. The molecule has 1 aromatic carbocycles. The van der Waals surface area contributed by atoms with Gasteiger partial charge in [0, 0.05) is 17.8 Å². The average Bonchev–Trinajstić information content (AvgIpc) is 2.59. The molecule has 0 aliphatic carbocycles. The van der Waals surface area contributed by atoms with E-state index in [1.165, 1.54) is 0 Å². The van der Waals surface area contributed by atoms with Gasteiger partial charge >= 0.3 is 0 Å². The van der Waals surface area contributed by atoms with E-state index in [-0.39, 0.29) is 5.91 Å². The molecular weight excluding hydrogens is 258 g/mol. The van der Waals surface area contributed by atoms with Crippen LogP contribution in [0.2, 0.25) is 5.02 Å². The maximum Gasteiger partial charge on any atom is 0.237 e. The topological polar surface area (TPSA) is 20.3 Å². The van der Waals surface area contributed by atoms with Crippen molar-refractivity contribution in [1.29, 1.82) is 0 Å². The average molecular weight is 280 g/mol. The van der Waals surface area contributed by atoms with Gasteiger partial charge in [0.1, 0.15) is 0 Å². The summed E-state index contributed by atoms with van der Waals surface area (Å²) in [6.07, 6.45) is 3.12. The molecule has 0 fully saturated rings. The van der Waals surface area contributed by atoms with Gasteiger partial charge in [-0.25, -0.2) is 0 Å². The minimum absolute atomic E-state index is 0.191. The third-order valence-corrected chi connectivity index (χ3v) is 4.78. The molecule has 2 nitrogen and oxygen atoms in total. The Labute approximate surface area is 120 Å². The van der Waals surface area contributed by atoms with Crippen molar-refractivity contribution in [2.45, 2.75) is 45.4 Å². The predicted octanol–water partition coefficient (Wildman–Crippen LogP) is 4.40. The Morgan fingerprint density at radius 3 is 2.53 bits per heavy atom. The summed E-state index contributed by atoms with van der Waals surface area (Å²) in [4.78, 5) is 14.4. The normalized spacial score (nSPS) is 22.2. The highest BCUT2D eigenvalue weighted by atomic mass is 35.5. The van der Waals surface area contributed by atoms with Crippen LogP contribution in [0.5, 0.6) is 0 Å². The first kappa shape index (κ1) is 14.4. The molecule has 1 amide bonds. The first-order valence-corrected chi connectivity index (χ1v) is 7.40. The number of carbonyl (C=O) groups is 1. The van der Waals surface area contributed by atoms with Gasteiger partial charge in [0.2, 0.25) is 5.91 Å². The zero-order valence-electron chi connectivity index (χ0n) is 12.2. The Morgan fingerprint density at radius 1 is 1.32 bits per heavy atom. The summed E-state index contributed by atoms with van der Waals surface area (Å²) in [6, 6.07) is 5.77. The largest absolute Gasteiger partial charge is 0.314 e. The van der Waals surface area contributed by atoms with Gasteiger partial charge < -0.3 is 4.90 Å². The molecule has 0 unspecified atom stereocenters. The number of fused-ring (bicyclic) bond motifs is 1. The van der Waals surface area contributed by atoms with Gasteiger partial charge in [-0.05, 0) is 43.0 Å². The van der Waals surface area contributed by atoms with Crippen molar-refractivity contribution in [3.63, 3.8) is 0 Å². The van der Waals surface area contributed by atoms with E-state index in [9.17, 15) is 4.79 Å². The SMILES string of the molecule is CCC(CC)C[C@@]1(C)C(=O)N(C)c2ccc(Cl)cc21. The summed E-state index contributed by atoms with van der Waals surface area (Å²) in [7, 11) is 1.85. The zero-order valence-corrected chi connectivity index (χ0v) is 12.9. The molecule has 1 atom stereocenters. The van der Waals surface area contributed by atoms with Crippen molar-refractivity contribution in [1.82, 2.24) is 0 Å². The van der Waals surface area contributed by atoms with Crippen LogP contribution in [0.1, 0.15) is 45.6 Å². The highest BCUT2D eigenvalue weighted by Crippen LogP contribution is 2.46. The first-order chi connectivity index (χ1) is 8.93. The van der Waals surface area contributed by atoms with Crippen molar-refractivity contribution >= 4 is 23.2 Å². The summed E-state index contributed by atoms with van der Waals surface area (Å²) in [5, 5.41) is 0.706. The molecule has 2 rings (SSSR count). The second-order valence-corrected chi connectivity index (χ2v) is 6.18. The van der Waals surface area contributed by atoms with E-state index >= 15 is 0 Å². The van der Waals surface area contributed by atoms with E-state index in [0.717, 1.165) is 30.5 Å². The summed E-state index contributed by atoms with van der Waals surface area (Å²) in [6.45, 7) is 6.45. The third-order valence-electron chi connectivity index (χ3n) is 4.54. The number of likely N-dealkylation sites (N-methyl/N-ethyl adjacent to an activating group) is 1. The van der Waals surface area contributed by atoms with Crippen molar-refractivity contribution in [3.8, 4) is 0 Å². The van der Waals surface area contributed by atoms with Crippen molar-refractivity contribution in [2.75, 3.05) is 11.9 Å². The molecule has 1 aliphatic rings. The molecule has 3 heteroatoms. The van der Waals surface area contributed by atoms with Crippen LogP contribution in [0.25, 0.3) is 0 Å². The second kappa shape index (κ2) is 5.16. The number of hydrogen-bond donors (Lipinski definition) is 0. The molecule has 104 valence electrons. The molecule has 1 heterocycles. The summed E-state index contributed by atoms with van der Waals surface area (Å²) in [5.41, 5.74) is 1.66. The van der Waals surface area contributed by atoms with Gasteiger partial charge in [0.25, 0.3) is 0 Å². The number of benzene rings is 1. The maximum absolute atomic E-state index is 12.6. The van der Waals surface area contributed by atoms with Crippen LogP contribution in [0.4, 0.5) is 5.69 Å². The monoisotopic (exact) mass is 279 g/mol. The number of amides is 1. The fraction of sp³-hybridized carbons (Fsp3) is 0.562. The van der Waals surface area contributed by atoms with Crippen LogP contribution in [0, 0.1) is 5.92 Å². The Balaban J connectivity index is 2.46. The molecular formula is C16H22ClNO. The Hall–Kier alpha value is -1.02. The van der Waals surface area contributed by atoms with Crippen molar-refractivity contribution in [2.24, 2.45) is 5.92 Å². The van der Waals surface area contributed by atoms with E-state index in [2.05, 4.69) is 20.8 Å². The predicted molar refractivity (Wildman–Crippen MR) is 80.9 cm³/mol. The van der Waals surface area contributed by atoms with Crippen molar-refractivity contribution < 1.29 is 4.79 Å². The molecule has 0 saturated carbocycles. The quantitative estimate of drug-likeness (QED) is 0.800. The van der Waals surface area contributed by atoms with E-state index < -0.39 is 5.41 Å². The van der Waals surface area contributed by atoms with Crippen LogP contribution in [-0.2, 0) is 10.2 Å². The van der Waals surface area contributed by atoms with Gasteiger partial charge in [-0.1, -0.05) is 38.3 Å². The highest BCUT2D eigenvalue weighted by molar-refractivity contribution is 6.31. The molecule has 1 aliphatic heterocycles. The zero-order chi connectivity index (χ0) is 14.2. The van der Waals surface area contributed by atoms with Crippen molar-refractivity contribution in [3.05, 3.63) is 28.8 Å². The maximum atomic E-state index is 12.6. The Bertz CT molecular complexity index is 496. The lowest BCUT2D eigenvalue weighted by Crippen LogP contribution is -2.37. The lowest BCUT2D eigenvalue weighted by Gasteiger charge is -2.27.